The Hall–Kier alpha value is -1.75. The van der Waals surface area contributed by atoms with Crippen LogP contribution in [-0.2, 0) is 4.79 Å². The van der Waals surface area contributed by atoms with Crippen LogP contribution < -0.4 is 20.1 Å². The maximum Gasteiger partial charge on any atom is 0.220 e. The molecule has 5 heteroatoms. The third-order valence-corrected chi connectivity index (χ3v) is 3.86. The van der Waals surface area contributed by atoms with Crippen molar-refractivity contribution in [1.82, 2.24) is 10.6 Å². The van der Waals surface area contributed by atoms with Crippen LogP contribution in [0.1, 0.15) is 25.7 Å². The van der Waals surface area contributed by atoms with Gasteiger partial charge in [-0.3, -0.25) is 4.79 Å². The molecule has 0 saturated carbocycles. The predicted octanol–water partition coefficient (Wildman–Crippen LogP) is 1.97. The number of nitrogens with one attached hydrogen (secondary N) is 2. The molecule has 1 amide bonds. The Kier molecular flexibility index (Phi) is 7.03. The van der Waals surface area contributed by atoms with Gasteiger partial charge in [-0.05, 0) is 62.5 Å². The Labute approximate surface area is 132 Å². The van der Waals surface area contributed by atoms with E-state index in [0.29, 0.717) is 18.9 Å². The molecule has 1 aromatic carbocycles. The molecule has 1 aliphatic rings. The SMILES string of the molecule is COc1ccc(OCCCC(=O)NCC2CCCNC2)cc1. The van der Waals surface area contributed by atoms with Crippen LogP contribution in [0.4, 0.5) is 0 Å². The quantitative estimate of drug-likeness (QED) is 0.721. The lowest BCUT2D eigenvalue weighted by molar-refractivity contribution is -0.121. The molecule has 0 radical (unpaired) electrons. The van der Waals surface area contributed by atoms with Crippen LogP contribution in [0.5, 0.6) is 11.5 Å². The molecule has 0 aromatic heterocycles. The molecule has 1 atom stereocenters. The van der Waals surface area contributed by atoms with Gasteiger partial charge in [0.1, 0.15) is 11.5 Å². The van der Waals surface area contributed by atoms with Gasteiger partial charge in [-0.1, -0.05) is 0 Å². The molecule has 1 unspecified atom stereocenters. The Balaban J connectivity index is 1.54. The number of rotatable bonds is 8. The number of hydrogen-bond acceptors (Lipinski definition) is 4. The lowest BCUT2D eigenvalue weighted by Gasteiger charge is -2.22. The van der Waals surface area contributed by atoms with Crippen LogP contribution >= 0.6 is 0 Å². The monoisotopic (exact) mass is 306 g/mol. The Bertz CT molecular complexity index is 442. The molecule has 2 rings (SSSR count). The standard InChI is InChI=1S/C17H26N2O3/c1-21-15-6-8-16(9-7-15)22-11-3-5-17(20)19-13-14-4-2-10-18-12-14/h6-9,14,18H,2-5,10-13H2,1H3,(H,19,20). The third kappa shape index (κ3) is 5.93. The van der Waals surface area contributed by atoms with E-state index >= 15 is 0 Å². The number of hydrogen-bond donors (Lipinski definition) is 2. The normalized spacial score (nSPS) is 17.8. The van der Waals surface area contributed by atoms with Gasteiger partial charge in [0.25, 0.3) is 0 Å². The van der Waals surface area contributed by atoms with Gasteiger partial charge in [-0.15, -0.1) is 0 Å². The number of methoxy groups -OCH3 is 1. The molecular formula is C17H26N2O3. The van der Waals surface area contributed by atoms with Gasteiger partial charge in [0.15, 0.2) is 0 Å². The Morgan fingerprint density at radius 2 is 2.09 bits per heavy atom. The van der Waals surface area contributed by atoms with Crippen molar-refractivity contribution >= 4 is 5.91 Å². The van der Waals surface area contributed by atoms with E-state index in [4.69, 9.17) is 9.47 Å². The van der Waals surface area contributed by atoms with Crippen LogP contribution in [0.2, 0.25) is 0 Å². The van der Waals surface area contributed by atoms with E-state index in [-0.39, 0.29) is 5.91 Å². The second kappa shape index (κ2) is 9.30. The summed E-state index contributed by atoms with van der Waals surface area (Å²) in [5.41, 5.74) is 0. The largest absolute Gasteiger partial charge is 0.497 e. The van der Waals surface area contributed by atoms with E-state index in [2.05, 4.69) is 10.6 Å². The molecule has 1 fully saturated rings. The lowest BCUT2D eigenvalue weighted by Crippen LogP contribution is -2.38. The number of ether oxygens (including phenoxy) is 2. The van der Waals surface area contributed by atoms with E-state index in [1.54, 1.807) is 7.11 Å². The van der Waals surface area contributed by atoms with Gasteiger partial charge in [0.2, 0.25) is 5.91 Å². The first kappa shape index (κ1) is 16.6. The molecule has 22 heavy (non-hydrogen) atoms. The molecule has 1 aromatic rings. The highest BCUT2D eigenvalue weighted by Crippen LogP contribution is 2.17. The number of benzene rings is 1. The van der Waals surface area contributed by atoms with Crippen molar-refractivity contribution < 1.29 is 14.3 Å². The highest BCUT2D eigenvalue weighted by atomic mass is 16.5. The molecule has 0 spiro atoms. The fourth-order valence-electron chi connectivity index (χ4n) is 2.54. The number of carbonyl (C=O) groups is 1. The number of piperidine rings is 1. The first-order valence-corrected chi connectivity index (χ1v) is 8.02. The van der Waals surface area contributed by atoms with Crippen molar-refractivity contribution in [3.05, 3.63) is 24.3 Å². The smallest absolute Gasteiger partial charge is 0.220 e. The van der Waals surface area contributed by atoms with Gasteiger partial charge in [0, 0.05) is 13.0 Å². The first-order chi connectivity index (χ1) is 10.8. The van der Waals surface area contributed by atoms with Crippen molar-refractivity contribution in [2.75, 3.05) is 33.4 Å². The zero-order chi connectivity index (χ0) is 15.6. The number of amides is 1. The van der Waals surface area contributed by atoms with Crippen molar-refractivity contribution in [2.45, 2.75) is 25.7 Å². The van der Waals surface area contributed by atoms with Crippen LogP contribution in [0, 0.1) is 5.92 Å². The summed E-state index contributed by atoms with van der Waals surface area (Å²) in [5.74, 6) is 2.30. The molecule has 0 bridgehead atoms. The summed E-state index contributed by atoms with van der Waals surface area (Å²) in [4.78, 5) is 11.8. The van der Waals surface area contributed by atoms with E-state index in [1.807, 2.05) is 24.3 Å². The van der Waals surface area contributed by atoms with Crippen molar-refractivity contribution in [1.29, 1.82) is 0 Å². The zero-order valence-corrected chi connectivity index (χ0v) is 13.3. The third-order valence-electron chi connectivity index (χ3n) is 3.86. The molecule has 122 valence electrons. The first-order valence-electron chi connectivity index (χ1n) is 8.02. The van der Waals surface area contributed by atoms with Crippen LogP contribution in [0.3, 0.4) is 0 Å². The summed E-state index contributed by atoms with van der Waals surface area (Å²) in [6, 6.07) is 7.46. The molecular weight excluding hydrogens is 280 g/mol. The molecule has 1 saturated heterocycles. The molecule has 1 aliphatic heterocycles. The lowest BCUT2D eigenvalue weighted by atomic mass is 10.00. The molecule has 5 nitrogen and oxygen atoms in total. The van der Waals surface area contributed by atoms with E-state index < -0.39 is 0 Å². The summed E-state index contributed by atoms with van der Waals surface area (Å²) in [5, 5.41) is 6.37. The van der Waals surface area contributed by atoms with Crippen molar-refractivity contribution in [3.63, 3.8) is 0 Å². The van der Waals surface area contributed by atoms with Crippen LogP contribution in [-0.4, -0.2) is 39.3 Å². The summed E-state index contributed by atoms with van der Waals surface area (Å²) >= 11 is 0. The minimum absolute atomic E-state index is 0.115. The van der Waals surface area contributed by atoms with Gasteiger partial charge < -0.3 is 20.1 Å². The average molecular weight is 306 g/mol. The Morgan fingerprint density at radius 1 is 1.32 bits per heavy atom. The highest BCUT2D eigenvalue weighted by Gasteiger charge is 2.13. The minimum atomic E-state index is 0.115. The summed E-state index contributed by atoms with van der Waals surface area (Å²) in [6.45, 7) is 3.45. The fraction of sp³-hybridized carbons (Fsp3) is 0.588. The van der Waals surface area contributed by atoms with Gasteiger partial charge >= 0.3 is 0 Å². The molecule has 2 N–H and O–H groups in total. The number of carbonyl (C=O) groups excluding carboxylic acids is 1. The molecule has 0 aliphatic carbocycles. The van der Waals surface area contributed by atoms with E-state index in [0.717, 1.165) is 37.6 Å². The second-order valence-corrected chi connectivity index (χ2v) is 5.64. The van der Waals surface area contributed by atoms with Gasteiger partial charge in [0.05, 0.1) is 13.7 Å². The van der Waals surface area contributed by atoms with Crippen molar-refractivity contribution in [3.8, 4) is 11.5 Å². The Morgan fingerprint density at radius 3 is 2.77 bits per heavy atom. The minimum Gasteiger partial charge on any atom is -0.497 e. The summed E-state index contributed by atoms with van der Waals surface area (Å²) in [6.07, 6.45) is 3.64. The highest BCUT2D eigenvalue weighted by molar-refractivity contribution is 5.75. The topological polar surface area (TPSA) is 59.6 Å². The van der Waals surface area contributed by atoms with E-state index in [9.17, 15) is 4.79 Å². The summed E-state index contributed by atoms with van der Waals surface area (Å²) < 4.78 is 10.7. The molecule has 1 heterocycles. The maximum atomic E-state index is 11.8. The van der Waals surface area contributed by atoms with Crippen LogP contribution in [0.25, 0.3) is 0 Å². The predicted molar refractivity (Wildman–Crippen MR) is 86.3 cm³/mol. The fourth-order valence-corrected chi connectivity index (χ4v) is 2.54. The maximum absolute atomic E-state index is 11.8. The van der Waals surface area contributed by atoms with Gasteiger partial charge in [-0.25, -0.2) is 0 Å². The van der Waals surface area contributed by atoms with Crippen LogP contribution in [0.15, 0.2) is 24.3 Å². The van der Waals surface area contributed by atoms with Crippen molar-refractivity contribution in [2.24, 2.45) is 5.92 Å². The zero-order valence-electron chi connectivity index (χ0n) is 13.3. The average Bonchev–Trinajstić information content (AvgIpc) is 2.58. The second-order valence-electron chi connectivity index (χ2n) is 5.64. The summed E-state index contributed by atoms with van der Waals surface area (Å²) in [7, 11) is 1.64. The van der Waals surface area contributed by atoms with Gasteiger partial charge in [-0.2, -0.15) is 0 Å². The van der Waals surface area contributed by atoms with E-state index in [1.165, 1.54) is 12.8 Å².